The summed E-state index contributed by atoms with van der Waals surface area (Å²) in [5.74, 6) is 2.12. The normalized spacial score (nSPS) is 38.1. The molecule has 0 aromatic carbocycles. The van der Waals surface area contributed by atoms with Crippen LogP contribution in [-0.4, -0.2) is 36.2 Å². The van der Waals surface area contributed by atoms with E-state index in [1.165, 1.54) is 49.4 Å². The number of hydrogen-bond acceptors (Lipinski definition) is 4. The fraction of sp³-hybridized carbons (Fsp3) is 0.923. The van der Waals surface area contributed by atoms with Gasteiger partial charge in [-0.25, -0.2) is 0 Å². The lowest BCUT2D eigenvalue weighted by Gasteiger charge is -2.34. The Hall–Kier alpha value is -0.220. The quantitative estimate of drug-likeness (QED) is 0.780. The average Bonchev–Trinajstić information content (AvgIpc) is 2.40. The molecule has 2 aliphatic heterocycles. The second-order valence-electron chi connectivity index (χ2n) is 5.42. The number of amidine groups is 1. The van der Waals surface area contributed by atoms with Gasteiger partial charge in [0.05, 0.1) is 18.7 Å². The third-order valence-electron chi connectivity index (χ3n) is 4.07. The van der Waals surface area contributed by atoms with Crippen molar-refractivity contribution in [2.24, 2.45) is 10.9 Å². The Balaban J connectivity index is 1.57. The number of fused-ring (bicyclic) bond motifs is 1. The van der Waals surface area contributed by atoms with Crippen LogP contribution < -0.4 is 5.32 Å². The molecular weight excluding hydrogens is 232 g/mol. The van der Waals surface area contributed by atoms with Gasteiger partial charge in [-0.2, -0.15) is 0 Å². The number of aliphatic imine (C=N–C) groups is 1. The van der Waals surface area contributed by atoms with Gasteiger partial charge in [0.15, 0.2) is 5.17 Å². The minimum atomic E-state index is 0.496. The van der Waals surface area contributed by atoms with Gasteiger partial charge in [-0.15, -0.1) is 0 Å². The van der Waals surface area contributed by atoms with E-state index in [2.05, 4.69) is 5.32 Å². The summed E-state index contributed by atoms with van der Waals surface area (Å²) in [6.07, 6.45) is 7.89. The lowest BCUT2D eigenvalue weighted by molar-refractivity contribution is 0.0766. The molecule has 0 amide bonds. The lowest BCUT2D eigenvalue weighted by Crippen LogP contribution is -2.42. The molecule has 0 aromatic rings. The number of hydrogen-bond donors (Lipinski definition) is 1. The average molecular weight is 254 g/mol. The van der Waals surface area contributed by atoms with Gasteiger partial charge in [0.1, 0.15) is 0 Å². The first-order valence-electron chi connectivity index (χ1n) is 6.97. The van der Waals surface area contributed by atoms with Crippen LogP contribution in [0.5, 0.6) is 0 Å². The highest BCUT2D eigenvalue weighted by molar-refractivity contribution is 8.13. The van der Waals surface area contributed by atoms with E-state index in [0.717, 1.165) is 19.1 Å². The van der Waals surface area contributed by atoms with Gasteiger partial charge in [-0.05, 0) is 31.6 Å². The molecule has 3 rings (SSSR count). The van der Waals surface area contributed by atoms with Gasteiger partial charge in [0, 0.05) is 12.4 Å². The molecule has 17 heavy (non-hydrogen) atoms. The summed E-state index contributed by atoms with van der Waals surface area (Å²) in [4.78, 5) is 4.91. The molecule has 1 saturated carbocycles. The fourth-order valence-corrected chi connectivity index (χ4v) is 4.26. The standard InChI is InChI=1S/C13H22N2OS/c1-2-6-12-10(4-1)9-17-13(15-12)14-11-5-3-7-16-8-11/h10-12H,1-9H2,(H,14,15). The minimum absolute atomic E-state index is 0.496. The molecule has 3 aliphatic rings. The molecule has 3 nitrogen and oxygen atoms in total. The van der Waals surface area contributed by atoms with Gasteiger partial charge >= 0.3 is 0 Å². The maximum atomic E-state index is 5.50. The molecular formula is C13H22N2OS. The Kier molecular flexibility index (Phi) is 3.91. The van der Waals surface area contributed by atoms with Crippen LogP contribution >= 0.6 is 11.8 Å². The predicted molar refractivity (Wildman–Crippen MR) is 72.6 cm³/mol. The van der Waals surface area contributed by atoms with Crippen LogP contribution in [0.3, 0.4) is 0 Å². The molecule has 1 saturated heterocycles. The van der Waals surface area contributed by atoms with Crippen LogP contribution in [0.25, 0.3) is 0 Å². The second-order valence-corrected chi connectivity index (χ2v) is 6.42. The Bertz CT molecular complexity index is 289. The van der Waals surface area contributed by atoms with E-state index < -0.39 is 0 Å². The van der Waals surface area contributed by atoms with Crippen LogP contribution in [-0.2, 0) is 4.74 Å². The van der Waals surface area contributed by atoms with Gasteiger partial charge in [0.2, 0.25) is 0 Å². The minimum Gasteiger partial charge on any atom is -0.379 e. The van der Waals surface area contributed by atoms with Crippen molar-refractivity contribution in [1.29, 1.82) is 0 Å². The van der Waals surface area contributed by atoms with Crippen molar-refractivity contribution in [3.63, 3.8) is 0 Å². The predicted octanol–water partition coefficient (Wildman–Crippen LogP) is 2.42. The maximum absolute atomic E-state index is 5.50. The highest BCUT2D eigenvalue weighted by Gasteiger charge is 2.29. The van der Waals surface area contributed by atoms with E-state index in [4.69, 9.17) is 9.73 Å². The number of nitrogens with one attached hydrogen (secondary N) is 1. The summed E-state index contributed by atoms with van der Waals surface area (Å²) in [5, 5.41) is 4.76. The number of thioether (sulfide) groups is 1. The van der Waals surface area contributed by atoms with Crippen LogP contribution in [0, 0.1) is 5.92 Å². The zero-order valence-electron chi connectivity index (χ0n) is 10.4. The molecule has 1 N–H and O–H groups in total. The summed E-state index contributed by atoms with van der Waals surface area (Å²) < 4.78 is 5.50. The van der Waals surface area contributed by atoms with Crippen molar-refractivity contribution in [2.75, 3.05) is 19.0 Å². The number of ether oxygens (including phenoxy) is 1. The van der Waals surface area contributed by atoms with Crippen molar-refractivity contribution in [2.45, 2.75) is 50.6 Å². The Morgan fingerprint density at radius 1 is 1.18 bits per heavy atom. The monoisotopic (exact) mass is 254 g/mol. The van der Waals surface area contributed by atoms with Crippen LogP contribution in [0.4, 0.5) is 0 Å². The second kappa shape index (κ2) is 5.61. The highest BCUT2D eigenvalue weighted by atomic mass is 32.2. The van der Waals surface area contributed by atoms with Crippen LogP contribution in [0.2, 0.25) is 0 Å². The summed E-state index contributed by atoms with van der Waals surface area (Å²) >= 11 is 1.93. The van der Waals surface area contributed by atoms with E-state index in [0.29, 0.717) is 12.1 Å². The lowest BCUT2D eigenvalue weighted by atomic mass is 9.86. The molecule has 3 unspecified atom stereocenters. The van der Waals surface area contributed by atoms with E-state index in [9.17, 15) is 0 Å². The Labute approximate surface area is 108 Å². The first-order chi connectivity index (χ1) is 8.42. The Morgan fingerprint density at radius 2 is 2.12 bits per heavy atom. The largest absolute Gasteiger partial charge is 0.379 e. The van der Waals surface area contributed by atoms with Gasteiger partial charge in [0.25, 0.3) is 0 Å². The smallest absolute Gasteiger partial charge is 0.157 e. The van der Waals surface area contributed by atoms with Crippen LogP contribution in [0.15, 0.2) is 4.99 Å². The maximum Gasteiger partial charge on any atom is 0.157 e. The Morgan fingerprint density at radius 3 is 3.00 bits per heavy atom. The van der Waals surface area contributed by atoms with Gasteiger partial charge < -0.3 is 10.1 Å². The molecule has 4 heteroatoms. The molecule has 96 valence electrons. The summed E-state index contributed by atoms with van der Waals surface area (Å²) in [6, 6.07) is 1.10. The molecule has 1 aliphatic carbocycles. The molecule has 0 aromatic heterocycles. The zero-order chi connectivity index (χ0) is 11.5. The summed E-state index contributed by atoms with van der Waals surface area (Å²) in [5.41, 5.74) is 0. The van der Waals surface area contributed by atoms with Gasteiger partial charge in [-0.1, -0.05) is 24.6 Å². The first-order valence-corrected chi connectivity index (χ1v) is 7.95. The molecule has 2 heterocycles. The summed E-state index contributed by atoms with van der Waals surface area (Å²) in [6.45, 7) is 1.79. The molecule has 0 radical (unpaired) electrons. The molecule has 2 fully saturated rings. The first kappa shape index (κ1) is 11.8. The van der Waals surface area contributed by atoms with Gasteiger partial charge in [-0.3, -0.25) is 4.99 Å². The zero-order valence-corrected chi connectivity index (χ0v) is 11.2. The van der Waals surface area contributed by atoms with E-state index in [1.807, 2.05) is 11.8 Å². The van der Waals surface area contributed by atoms with Crippen molar-refractivity contribution in [1.82, 2.24) is 5.32 Å². The third-order valence-corrected chi connectivity index (χ3v) is 5.17. The molecule has 0 spiro atoms. The fourth-order valence-electron chi connectivity index (χ4n) is 3.03. The molecule has 3 atom stereocenters. The van der Waals surface area contributed by atoms with Crippen molar-refractivity contribution < 1.29 is 4.74 Å². The SMILES string of the molecule is C1COCC(NC2=NC3CCCCC3CS2)C1. The topological polar surface area (TPSA) is 33.6 Å². The third kappa shape index (κ3) is 2.97. The molecule has 0 bridgehead atoms. The van der Waals surface area contributed by atoms with E-state index in [1.54, 1.807) is 0 Å². The van der Waals surface area contributed by atoms with E-state index >= 15 is 0 Å². The summed E-state index contributed by atoms with van der Waals surface area (Å²) in [7, 11) is 0. The highest BCUT2D eigenvalue weighted by Crippen LogP contribution is 2.33. The van der Waals surface area contributed by atoms with Crippen LogP contribution in [0.1, 0.15) is 38.5 Å². The number of nitrogens with zero attached hydrogens (tertiary/aromatic N) is 1. The van der Waals surface area contributed by atoms with E-state index in [-0.39, 0.29) is 0 Å². The van der Waals surface area contributed by atoms with Crippen molar-refractivity contribution in [3.05, 3.63) is 0 Å². The van der Waals surface area contributed by atoms with Crippen molar-refractivity contribution in [3.8, 4) is 0 Å². The number of rotatable bonds is 1. The van der Waals surface area contributed by atoms with Crippen molar-refractivity contribution >= 4 is 16.9 Å².